The van der Waals surface area contributed by atoms with Crippen molar-refractivity contribution in [3.63, 3.8) is 0 Å². The molecule has 144 valence electrons. The molecule has 0 heterocycles. The first kappa shape index (κ1) is 22.3. The van der Waals surface area contributed by atoms with Gasteiger partial charge in [-0.25, -0.2) is 0 Å². The zero-order chi connectivity index (χ0) is 19.9. The molecule has 0 bridgehead atoms. The van der Waals surface area contributed by atoms with Crippen molar-refractivity contribution >= 4 is 34.8 Å². The average Bonchev–Trinajstić information content (AvgIpc) is 2.55. The fourth-order valence-corrected chi connectivity index (χ4v) is 2.44. The first-order valence-electron chi connectivity index (χ1n) is 7.50. The van der Waals surface area contributed by atoms with Crippen LogP contribution >= 0.6 is 23.2 Å². The zero-order valence-electron chi connectivity index (χ0n) is 13.9. The van der Waals surface area contributed by atoms with Crippen molar-refractivity contribution in [3.8, 4) is 0 Å². The van der Waals surface area contributed by atoms with E-state index >= 15 is 0 Å². The Morgan fingerprint density at radius 2 is 1.92 bits per heavy atom. The van der Waals surface area contributed by atoms with Crippen LogP contribution in [0.4, 0.5) is 13.2 Å². The summed E-state index contributed by atoms with van der Waals surface area (Å²) in [6.45, 7) is 2.30. The van der Waals surface area contributed by atoms with Crippen LogP contribution in [0.1, 0.15) is 12.5 Å². The van der Waals surface area contributed by atoms with Crippen LogP contribution in [0.15, 0.2) is 30.0 Å². The lowest BCUT2D eigenvalue weighted by molar-refractivity contribution is -0.128. The van der Waals surface area contributed by atoms with Crippen molar-refractivity contribution in [2.75, 3.05) is 19.8 Å². The molecule has 0 saturated carbocycles. The summed E-state index contributed by atoms with van der Waals surface area (Å²) in [5.74, 6) is -0.880. The lowest BCUT2D eigenvalue weighted by Gasteiger charge is -2.24. The Balaban J connectivity index is 3.07. The molecule has 1 aromatic rings. The summed E-state index contributed by atoms with van der Waals surface area (Å²) in [6.07, 6.45) is -4.61. The molecule has 1 aromatic carbocycles. The minimum absolute atomic E-state index is 0.0577. The standard InChI is InChI=1S/C16H18Cl2F3N3O2/c1-2-26-7-6-24(9-10-11(17)4-3-5-12(10)18)15(25)13(22)8-14(23)16(19,20)21/h3-5,8,23H,2,6-7,9,22H2,1H3/b13-8-,23-14?. The van der Waals surface area contributed by atoms with Gasteiger partial charge in [0.05, 0.1) is 12.3 Å². The van der Waals surface area contributed by atoms with E-state index in [1.165, 1.54) is 0 Å². The lowest BCUT2D eigenvalue weighted by Crippen LogP contribution is -2.37. The fraction of sp³-hybridized carbons (Fsp3) is 0.375. The molecule has 5 nitrogen and oxygen atoms in total. The van der Waals surface area contributed by atoms with Gasteiger partial charge >= 0.3 is 6.18 Å². The van der Waals surface area contributed by atoms with Crippen LogP contribution in [0, 0.1) is 5.41 Å². The highest BCUT2D eigenvalue weighted by atomic mass is 35.5. The highest BCUT2D eigenvalue weighted by molar-refractivity contribution is 6.36. The van der Waals surface area contributed by atoms with Crippen LogP contribution in [0.2, 0.25) is 10.0 Å². The van der Waals surface area contributed by atoms with Crippen molar-refractivity contribution in [3.05, 3.63) is 45.6 Å². The predicted octanol–water partition coefficient (Wildman–Crippen LogP) is 3.78. The number of hydrogen-bond donors (Lipinski definition) is 2. The third-order valence-corrected chi connectivity index (χ3v) is 3.97. The molecule has 1 rings (SSSR count). The number of nitrogens with two attached hydrogens (primary N) is 1. The Morgan fingerprint density at radius 3 is 2.42 bits per heavy atom. The first-order chi connectivity index (χ1) is 12.1. The average molecular weight is 412 g/mol. The second-order valence-corrected chi connectivity index (χ2v) is 5.95. The van der Waals surface area contributed by atoms with E-state index in [0.29, 0.717) is 22.2 Å². The van der Waals surface area contributed by atoms with E-state index in [1.54, 1.807) is 25.1 Å². The maximum absolute atomic E-state index is 12.5. The second kappa shape index (κ2) is 9.80. The van der Waals surface area contributed by atoms with Crippen molar-refractivity contribution in [2.45, 2.75) is 19.6 Å². The topological polar surface area (TPSA) is 79.4 Å². The van der Waals surface area contributed by atoms with Crippen molar-refractivity contribution < 1.29 is 22.7 Å². The molecule has 0 spiro atoms. The molecule has 3 N–H and O–H groups in total. The van der Waals surface area contributed by atoms with E-state index in [0.717, 1.165) is 4.90 Å². The number of amides is 1. The van der Waals surface area contributed by atoms with Crippen LogP contribution in [0.5, 0.6) is 0 Å². The number of benzene rings is 1. The highest BCUT2D eigenvalue weighted by Gasteiger charge is 2.33. The van der Waals surface area contributed by atoms with Crippen LogP contribution < -0.4 is 5.73 Å². The van der Waals surface area contributed by atoms with Crippen LogP contribution in [-0.4, -0.2) is 42.5 Å². The number of carbonyl (C=O) groups is 1. The van der Waals surface area contributed by atoms with E-state index in [4.69, 9.17) is 39.1 Å². The Labute approximate surface area is 159 Å². The summed E-state index contributed by atoms with van der Waals surface area (Å²) in [5.41, 5.74) is 3.47. The number of allylic oxidation sites excluding steroid dienone is 1. The Bertz CT molecular complexity index is 674. The number of carbonyl (C=O) groups excluding carboxylic acids is 1. The summed E-state index contributed by atoms with van der Waals surface area (Å²) in [6, 6.07) is 4.78. The van der Waals surface area contributed by atoms with E-state index in [-0.39, 0.29) is 25.8 Å². The van der Waals surface area contributed by atoms with Gasteiger partial charge in [0, 0.05) is 35.3 Å². The molecule has 0 aliphatic carbocycles. The quantitative estimate of drug-likeness (QED) is 0.388. The predicted molar refractivity (Wildman–Crippen MR) is 94.4 cm³/mol. The molecule has 26 heavy (non-hydrogen) atoms. The van der Waals surface area contributed by atoms with Gasteiger partial charge in [0.2, 0.25) is 0 Å². The first-order valence-corrected chi connectivity index (χ1v) is 8.26. The van der Waals surface area contributed by atoms with Crippen molar-refractivity contribution in [1.82, 2.24) is 4.90 Å². The Hall–Kier alpha value is -1.77. The Morgan fingerprint density at radius 1 is 1.35 bits per heavy atom. The molecule has 0 saturated heterocycles. The molecule has 0 fully saturated rings. The van der Waals surface area contributed by atoms with Crippen LogP contribution in [-0.2, 0) is 16.1 Å². The molecule has 0 atom stereocenters. The van der Waals surface area contributed by atoms with Gasteiger partial charge < -0.3 is 15.4 Å². The minimum Gasteiger partial charge on any atom is -0.394 e. The molecule has 0 aliphatic rings. The van der Waals surface area contributed by atoms with Gasteiger partial charge in [0.25, 0.3) is 5.91 Å². The van der Waals surface area contributed by atoms with Gasteiger partial charge in [-0.05, 0) is 25.1 Å². The number of nitrogens with zero attached hydrogens (tertiary/aromatic N) is 1. The van der Waals surface area contributed by atoms with E-state index in [1.807, 2.05) is 0 Å². The minimum atomic E-state index is -4.90. The van der Waals surface area contributed by atoms with Gasteiger partial charge in [-0.1, -0.05) is 29.3 Å². The third kappa shape index (κ3) is 6.51. The largest absolute Gasteiger partial charge is 0.432 e. The smallest absolute Gasteiger partial charge is 0.394 e. The number of alkyl halides is 3. The van der Waals surface area contributed by atoms with E-state index in [2.05, 4.69) is 0 Å². The number of nitrogens with one attached hydrogen (secondary N) is 1. The molecule has 1 amide bonds. The van der Waals surface area contributed by atoms with E-state index < -0.39 is 23.5 Å². The maximum atomic E-state index is 12.5. The summed E-state index contributed by atoms with van der Waals surface area (Å²) >= 11 is 12.2. The summed E-state index contributed by atoms with van der Waals surface area (Å²) in [4.78, 5) is 13.6. The SMILES string of the molecule is CCOCCN(Cc1c(Cl)cccc1Cl)C(=O)/C(N)=C/C(=N)C(F)(F)F. The normalized spacial score (nSPS) is 12.2. The molecular formula is C16H18Cl2F3N3O2. The number of hydrogen-bond acceptors (Lipinski definition) is 4. The molecule has 0 aromatic heterocycles. The molecule has 0 unspecified atom stereocenters. The number of rotatable bonds is 8. The monoisotopic (exact) mass is 411 g/mol. The number of halogens is 5. The van der Waals surface area contributed by atoms with Gasteiger partial charge in [-0.2, -0.15) is 13.2 Å². The molecular weight excluding hydrogens is 394 g/mol. The number of ether oxygens (including phenoxy) is 1. The van der Waals surface area contributed by atoms with Gasteiger partial charge in [-0.15, -0.1) is 0 Å². The van der Waals surface area contributed by atoms with Gasteiger partial charge in [-0.3, -0.25) is 10.2 Å². The molecule has 10 heteroatoms. The summed E-state index contributed by atoms with van der Waals surface area (Å²) in [7, 11) is 0. The van der Waals surface area contributed by atoms with Gasteiger partial charge in [0.15, 0.2) is 0 Å². The van der Waals surface area contributed by atoms with Crippen molar-refractivity contribution in [2.24, 2.45) is 5.73 Å². The lowest BCUT2D eigenvalue weighted by atomic mass is 10.2. The maximum Gasteiger partial charge on any atom is 0.432 e. The van der Waals surface area contributed by atoms with Crippen LogP contribution in [0.25, 0.3) is 0 Å². The fourth-order valence-electron chi connectivity index (χ4n) is 1.93. The van der Waals surface area contributed by atoms with Gasteiger partial charge in [0.1, 0.15) is 5.71 Å². The summed E-state index contributed by atoms with van der Waals surface area (Å²) in [5, 5.41) is 7.55. The second-order valence-electron chi connectivity index (χ2n) is 5.13. The third-order valence-electron chi connectivity index (χ3n) is 3.26. The van der Waals surface area contributed by atoms with Crippen LogP contribution in [0.3, 0.4) is 0 Å². The molecule has 0 aliphatic heterocycles. The summed E-state index contributed by atoms with van der Waals surface area (Å²) < 4.78 is 42.6. The highest BCUT2D eigenvalue weighted by Crippen LogP contribution is 2.26. The van der Waals surface area contributed by atoms with Crippen molar-refractivity contribution in [1.29, 1.82) is 5.41 Å². The Kier molecular flexibility index (Phi) is 8.39. The molecule has 0 radical (unpaired) electrons. The zero-order valence-corrected chi connectivity index (χ0v) is 15.4. The van der Waals surface area contributed by atoms with E-state index in [9.17, 15) is 18.0 Å².